The smallest absolute Gasteiger partial charge is 0.136 e. The Kier molecular flexibility index (Phi) is 2.65. The van der Waals surface area contributed by atoms with Crippen molar-refractivity contribution >= 4 is 5.78 Å². The van der Waals surface area contributed by atoms with Crippen molar-refractivity contribution in [3.05, 3.63) is 0 Å². The molecule has 1 N–H and O–H groups in total. The van der Waals surface area contributed by atoms with Gasteiger partial charge >= 0.3 is 0 Å². The quantitative estimate of drug-likeness (QED) is 0.695. The van der Waals surface area contributed by atoms with Gasteiger partial charge in [0, 0.05) is 38.1 Å². The van der Waals surface area contributed by atoms with E-state index in [1.165, 1.54) is 12.8 Å². The van der Waals surface area contributed by atoms with Crippen LogP contribution in [-0.2, 0) is 4.79 Å². The highest BCUT2D eigenvalue weighted by Gasteiger charge is 2.39. The van der Waals surface area contributed by atoms with Gasteiger partial charge in [-0.1, -0.05) is 0 Å². The largest absolute Gasteiger partial charge is 0.396 e. The Morgan fingerprint density at radius 2 is 1.92 bits per heavy atom. The summed E-state index contributed by atoms with van der Waals surface area (Å²) in [5, 5.41) is 8.75. The Labute approximate surface area is 78.7 Å². The number of carbonyl (C=O) groups is 1. The second kappa shape index (κ2) is 3.76. The lowest BCUT2D eigenvalue weighted by Crippen LogP contribution is -2.43. The summed E-state index contributed by atoms with van der Waals surface area (Å²) < 4.78 is 0. The number of ketones is 1. The van der Waals surface area contributed by atoms with Crippen molar-refractivity contribution in [2.24, 2.45) is 0 Å². The Bertz CT molecular complexity index is 189. The van der Waals surface area contributed by atoms with Gasteiger partial charge in [-0.05, 0) is 19.3 Å². The molecular formula is C10H17NO2. The molecule has 2 unspecified atom stereocenters. The number of aliphatic hydroxyl groups is 1. The maximum Gasteiger partial charge on any atom is 0.136 e. The maximum absolute atomic E-state index is 11.3. The fraction of sp³-hybridized carbons (Fsp3) is 0.900. The number of nitrogens with zero attached hydrogens (tertiary/aromatic N) is 1. The first kappa shape index (κ1) is 9.16. The van der Waals surface area contributed by atoms with Gasteiger partial charge in [0.2, 0.25) is 0 Å². The van der Waals surface area contributed by atoms with Gasteiger partial charge in [0.05, 0.1) is 0 Å². The van der Waals surface area contributed by atoms with E-state index in [2.05, 4.69) is 4.90 Å². The molecule has 0 saturated carbocycles. The number of hydrogen-bond donors (Lipinski definition) is 1. The highest BCUT2D eigenvalue weighted by molar-refractivity contribution is 5.80. The molecule has 0 aromatic rings. The Morgan fingerprint density at radius 3 is 2.46 bits per heavy atom. The Balaban J connectivity index is 1.94. The maximum atomic E-state index is 11.3. The summed E-state index contributed by atoms with van der Waals surface area (Å²) in [7, 11) is 0. The molecule has 2 rings (SSSR count). The van der Waals surface area contributed by atoms with E-state index in [0.717, 1.165) is 25.8 Å². The average Bonchev–Trinajstić information content (AvgIpc) is 2.33. The van der Waals surface area contributed by atoms with E-state index in [1.54, 1.807) is 0 Å². The number of carbonyl (C=O) groups excluding carboxylic acids is 1. The van der Waals surface area contributed by atoms with E-state index in [-0.39, 0.29) is 6.61 Å². The van der Waals surface area contributed by atoms with Crippen molar-refractivity contribution in [2.75, 3.05) is 13.2 Å². The lowest BCUT2D eigenvalue weighted by atomic mass is 10.0. The van der Waals surface area contributed by atoms with Gasteiger partial charge in [0.15, 0.2) is 0 Å². The van der Waals surface area contributed by atoms with Crippen LogP contribution in [0.4, 0.5) is 0 Å². The van der Waals surface area contributed by atoms with E-state index in [9.17, 15) is 4.79 Å². The average molecular weight is 183 g/mol. The highest BCUT2D eigenvalue weighted by atomic mass is 16.3. The number of piperidine rings is 1. The van der Waals surface area contributed by atoms with Crippen LogP contribution in [0.25, 0.3) is 0 Å². The van der Waals surface area contributed by atoms with E-state index < -0.39 is 0 Å². The second-order valence-corrected chi connectivity index (χ2v) is 4.15. The first-order valence-corrected chi connectivity index (χ1v) is 5.19. The molecule has 2 atom stereocenters. The van der Waals surface area contributed by atoms with Gasteiger partial charge in [0.25, 0.3) is 0 Å². The molecular weight excluding hydrogens is 166 g/mol. The summed E-state index contributed by atoms with van der Waals surface area (Å²) >= 11 is 0. The fourth-order valence-corrected chi connectivity index (χ4v) is 2.68. The molecule has 2 aliphatic rings. The van der Waals surface area contributed by atoms with Crippen LogP contribution < -0.4 is 0 Å². The van der Waals surface area contributed by atoms with Gasteiger partial charge in [-0.25, -0.2) is 0 Å². The van der Waals surface area contributed by atoms with Crippen molar-refractivity contribution in [1.29, 1.82) is 0 Å². The zero-order valence-corrected chi connectivity index (χ0v) is 7.91. The molecule has 2 saturated heterocycles. The van der Waals surface area contributed by atoms with Gasteiger partial charge < -0.3 is 5.11 Å². The van der Waals surface area contributed by atoms with E-state index in [0.29, 0.717) is 17.9 Å². The number of Topliss-reactive ketones (excluding diaryl/α,β-unsaturated/α-hetero) is 1. The Hall–Kier alpha value is -0.410. The summed E-state index contributed by atoms with van der Waals surface area (Å²) in [5.74, 6) is 0.438. The molecule has 0 aromatic carbocycles. The third kappa shape index (κ3) is 1.76. The van der Waals surface area contributed by atoms with E-state index in [4.69, 9.17) is 5.11 Å². The molecule has 0 spiro atoms. The molecule has 2 bridgehead atoms. The van der Waals surface area contributed by atoms with Crippen molar-refractivity contribution in [3.8, 4) is 0 Å². The summed E-state index contributed by atoms with van der Waals surface area (Å²) in [4.78, 5) is 13.7. The zero-order valence-electron chi connectivity index (χ0n) is 7.91. The Morgan fingerprint density at radius 1 is 1.31 bits per heavy atom. The van der Waals surface area contributed by atoms with Crippen LogP contribution in [0.5, 0.6) is 0 Å². The van der Waals surface area contributed by atoms with E-state index in [1.807, 2.05) is 0 Å². The predicted octanol–water partition coefficient (Wildman–Crippen LogP) is 0.565. The first-order valence-electron chi connectivity index (χ1n) is 5.19. The lowest BCUT2D eigenvalue weighted by molar-refractivity contribution is -0.123. The molecule has 0 aliphatic carbocycles. The number of fused-ring (bicyclic) bond motifs is 2. The van der Waals surface area contributed by atoms with E-state index >= 15 is 0 Å². The number of aliphatic hydroxyl groups excluding tert-OH is 1. The van der Waals surface area contributed by atoms with Crippen LogP contribution in [0.1, 0.15) is 32.1 Å². The van der Waals surface area contributed by atoms with Crippen LogP contribution in [0, 0.1) is 0 Å². The molecule has 3 heteroatoms. The molecule has 2 fully saturated rings. The van der Waals surface area contributed by atoms with Crippen molar-refractivity contribution in [3.63, 3.8) is 0 Å². The molecule has 3 nitrogen and oxygen atoms in total. The van der Waals surface area contributed by atoms with Crippen LogP contribution in [0.2, 0.25) is 0 Å². The number of hydrogen-bond acceptors (Lipinski definition) is 3. The summed E-state index contributed by atoms with van der Waals surface area (Å²) in [6.45, 7) is 1.24. The SMILES string of the molecule is O=C1CC2CCC(C1)N2CCCO. The van der Waals surface area contributed by atoms with Gasteiger partial charge in [-0.3, -0.25) is 9.69 Å². The predicted molar refractivity (Wildman–Crippen MR) is 49.5 cm³/mol. The monoisotopic (exact) mass is 183 g/mol. The van der Waals surface area contributed by atoms with Gasteiger partial charge in [-0.2, -0.15) is 0 Å². The van der Waals surface area contributed by atoms with Gasteiger partial charge in [0.1, 0.15) is 5.78 Å². The van der Waals surface area contributed by atoms with Gasteiger partial charge in [-0.15, -0.1) is 0 Å². The second-order valence-electron chi connectivity index (χ2n) is 4.15. The van der Waals surface area contributed by atoms with Crippen molar-refractivity contribution < 1.29 is 9.90 Å². The summed E-state index contributed by atoms with van der Waals surface area (Å²) in [6.07, 6.45) is 4.72. The molecule has 74 valence electrons. The van der Waals surface area contributed by atoms with Crippen molar-refractivity contribution in [1.82, 2.24) is 4.90 Å². The normalized spacial score (nSPS) is 34.1. The highest BCUT2D eigenvalue weighted by Crippen LogP contribution is 2.33. The summed E-state index contributed by atoms with van der Waals surface area (Å²) in [6, 6.07) is 0.996. The standard InChI is InChI=1S/C10H17NO2/c12-5-1-4-11-8-2-3-9(11)7-10(13)6-8/h8-9,12H,1-7H2. The van der Waals surface area contributed by atoms with Crippen LogP contribution >= 0.6 is 0 Å². The minimum Gasteiger partial charge on any atom is -0.396 e. The molecule has 0 aromatic heterocycles. The summed E-state index contributed by atoms with van der Waals surface area (Å²) in [5.41, 5.74) is 0. The third-order valence-electron chi connectivity index (χ3n) is 3.27. The first-order chi connectivity index (χ1) is 6.31. The van der Waals surface area contributed by atoms with Crippen LogP contribution in [0.15, 0.2) is 0 Å². The lowest BCUT2D eigenvalue weighted by Gasteiger charge is -2.33. The zero-order chi connectivity index (χ0) is 9.26. The molecule has 2 heterocycles. The third-order valence-corrected chi connectivity index (χ3v) is 3.27. The fourth-order valence-electron chi connectivity index (χ4n) is 2.68. The molecule has 0 radical (unpaired) electrons. The minimum atomic E-state index is 0.268. The van der Waals surface area contributed by atoms with Crippen LogP contribution in [0.3, 0.4) is 0 Å². The number of rotatable bonds is 3. The molecule has 0 amide bonds. The van der Waals surface area contributed by atoms with Crippen LogP contribution in [-0.4, -0.2) is 41.0 Å². The minimum absolute atomic E-state index is 0.268. The topological polar surface area (TPSA) is 40.5 Å². The van der Waals surface area contributed by atoms with Crippen molar-refractivity contribution in [2.45, 2.75) is 44.2 Å². The molecule has 13 heavy (non-hydrogen) atoms. The molecule has 2 aliphatic heterocycles.